The second-order valence-corrected chi connectivity index (χ2v) is 4.43. The number of hydrogen-bond donors (Lipinski definition) is 3. The molecule has 4 N–H and O–H groups in total. The molecule has 2 aromatic rings. The van der Waals surface area contributed by atoms with Crippen LogP contribution in [0.15, 0.2) is 24.4 Å². The Morgan fingerprint density at radius 1 is 1.42 bits per heavy atom. The van der Waals surface area contributed by atoms with E-state index in [1.807, 2.05) is 32.3 Å². The van der Waals surface area contributed by atoms with E-state index in [0.29, 0.717) is 13.1 Å². The molecule has 0 unspecified atom stereocenters. The van der Waals surface area contributed by atoms with Crippen LogP contribution in [0.5, 0.6) is 0 Å². The van der Waals surface area contributed by atoms with Crippen molar-refractivity contribution in [2.24, 2.45) is 5.73 Å². The quantitative estimate of drug-likeness (QED) is 0.725. The fourth-order valence-corrected chi connectivity index (χ4v) is 1.84. The van der Waals surface area contributed by atoms with E-state index in [2.05, 4.69) is 31.2 Å². The molecule has 2 heterocycles. The number of rotatable bonds is 6. The van der Waals surface area contributed by atoms with Gasteiger partial charge in [-0.25, -0.2) is 9.97 Å². The summed E-state index contributed by atoms with van der Waals surface area (Å²) in [4.78, 5) is 14.1. The predicted molar refractivity (Wildman–Crippen MR) is 77.2 cm³/mol. The largest absolute Gasteiger partial charge is 0.369 e. The highest BCUT2D eigenvalue weighted by molar-refractivity contribution is 5.49. The van der Waals surface area contributed by atoms with Gasteiger partial charge in [-0.1, -0.05) is 0 Å². The molecule has 0 aliphatic rings. The summed E-state index contributed by atoms with van der Waals surface area (Å²) in [6.07, 6.45) is 1.92. The molecule has 0 amide bonds. The third kappa shape index (κ3) is 3.69. The van der Waals surface area contributed by atoms with E-state index >= 15 is 0 Å². The maximum Gasteiger partial charge on any atom is 0.134 e. The smallest absolute Gasteiger partial charge is 0.134 e. The van der Waals surface area contributed by atoms with Crippen LogP contribution in [-0.4, -0.2) is 35.1 Å². The minimum Gasteiger partial charge on any atom is -0.369 e. The van der Waals surface area contributed by atoms with E-state index in [-0.39, 0.29) is 0 Å². The van der Waals surface area contributed by atoms with Gasteiger partial charge in [-0.15, -0.1) is 0 Å². The van der Waals surface area contributed by atoms with Gasteiger partial charge in [-0.05, 0) is 19.1 Å². The number of aryl methyl sites for hydroxylation is 1. The van der Waals surface area contributed by atoms with Crippen molar-refractivity contribution in [3.05, 3.63) is 35.9 Å². The first-order chi connectivity index (χ1) is 9.19. The van der Waals surface area contributed by atoms with Crippen LogP contribution < -0.4 is 16.0 Å². The molecule has 0 atom stereocenters. The van der Waals surface area contributed by atoms with Crippen molar-refractivity contribution in [3.8, 4) is 0 Å². The van der Waals surface area contributed by atoms with Crippen LogP contribution in [0.1, 0.15) is 11.5 Å². The van der Waals surface area contributed by atoms with Gasteiger partial charge in [0.15, 0.2) is 0 Å². The standard InChI is InChI=1S/C13H20N6/c1-10-17-12(16-7-5-14)8-13(18-10)19(2)9-11-4-3-6-15-11/h3-4,6,8,15H,5,7,9,14H2,1-2H3,(H,16,17,18). The first-order valence-corrected chi connectivity index (χ1v) is 6.32. The second-order valence-electron chi connectivity index (χ2n) is 4.43. The van der Waals surface area contributed by atoms with Gasteiger partial charge in [0.05, 0.1) is 6.54 Å². The number of anilines is 2. The van der Waals surface area contributed by atoms with Crippen LogP contribution in [0, 0.1) is 6.92 Å². The van der Waals surface area contributed by atoms with Gasteiger partial charge in [0.2, 0.25) is 0 Å². The Labute approximate surface area is 113 Å². The topological polar surface area (TPSA) is 82.9 Å². The normalized spacial score (nSPS) is 10.5. The number of nitrogens with one attached hydrogen (secondary N) is 2. The molecule has 102 valence electrons. The fourth-order valence-electron chi connectivity index (χ4n) is 1.84. The molecule has 0 saturated carbocycles. The molecule has 6 heteroatoms. The molecule has 0 aliphatic carbocycles. The first-order valence-electron chi connectivity index (χ1n) is 6.32. The van der Waals surface area contributed by atoms with Crippen molar-refractivity contribution in [1.82, 2.24) is 15.0 Å². The van der Waals surface area contributed by atoms with Crippen molar-refractivity contribution in [3.63, 3.8) is 0 Å². The lowest BCUT2D eigenvalue weighted by atomic mass is 10.4. The molecule has 0 fully saturated rings. The van der Waals surface area contributed by atoms with E-state index < -0.39 is 0 Å². The average molecular weight is 260 g/mol. The third-order valence-corrected chi connectivity index (χ3v) is 2.74. The molecule has 0 spiro atoms. The highest BCUT2D eigenvalue weighted by Gasteiger charge is 2.07. The van der Waals surface area contributed by atoms with Crippen molar-refractivity contribution in [2.75, 3.05) is 30.4 Å². The number of nitrogens with two attached hydrogens (primary N) is 1. The molecule has 0 radical (unpaired) electrons. The Kier molecular flexibility index (Phi) is 4.35. The minimum atomic E-state index is 0.580. The van der Waals surface area contributed by atoms with E-state index in [1.54, 1.807) is 0 Å². The zero-order valence-electron chi connectivity index (χ0n) is 11.3. The lowest BCUT2D eigenvalue weighted by molar-refractivity contribution is 0.858. The van der Waals surface area contributed by atoms with E-state index in [1.165, 1.54) is 0 Å². The Hall–Kier alpha value is -2.08. The van der Waals surface area contributed by atoms with Crippen molar-refractivity contribution in [1.29, 1.82) is 0 Å². The lowest BCUT2D eigenvalue weighted by Crippen LogP contribution is -2.20. The number of aromatic nitrogens is 3. The molecular formula is C13H20N6. The molecule has 0 aromatic carbocycles. The Bertz CT molecular complexity index is 508. The van der Waals surface area contributed by atoms with Crippen LogP contribution in [-0.2, 0) is 6.54 Å². The van der Waals surface area contributed by atoms with E-state index in [0.717, 1.165) is 29.7 Å². The summed E-state index contributed by atoms with van der Waals surface area (Å²) in [7, 11) is 2.01. The van der Waals surface area contributed by atoms with Gasteiger partial charge in [0, 0.05) is 38.1 Å². The van der Waals surface area contributed by atoms with Gasteiger partial charge in [-0.2, -0.15) is 0 Å². The predicted octanol–water partition coefficient (Wildman–Crippen LogP) is 1.12. The monoisotopic (exact) mass is 260 g/mol. The van der Waals surface area contributed by atoms with Crippen LogP contribution in [0.3, 0.4) is 0 Å². The van der Waals surface area contributed by atoms with Crippen LogP contribution in [0.4, 0.5) is 11.6 Å². The van der Waals surface area contributed by atoms with Crippen LogP contribution in [0.25, 0.3) is 0 Å². The molecule has 0 aliphatic heterocycles. The molecule has 0 saturated heterocycles. The third-order valence-electron chi connectivity index (χ3n) is 2.74. The maximum absolute atomic E-state index is 5.48. The van der Waals surface area contributed by atoms with Crippen molar-refractivity contribution in [2.45, 2.75) is 13.5 Å². The molecular weight excluding hydrogens is 240 g/mol. The van der Waals surface area contributed by atoms with Crippen LogP contribution in [0.2, 0.25) is 0 Å². The van der Waals surface area contributed by atoms with Gasteiger partial charge < -0.3 is 20.9 Å². The summed E-state index contributed by atoms with van der Waals surface area (Å²) >= 11 is 0. The summed E-state index contributed by atoms with van der Waals surface area (Å²) in [6, 6.07) is 5.98. The number of hydrogen-bond acceptors (Lipinski definition) is 5. The second kappa shape index (κ2) is 6.19. The Morgan fingerprint density at radius 3 is 2.95 bits per heavy atom. The minimum absolute atomic E-state index is 0.580. The molecule has 0 bridgehead atoms. The van der Waals surface area contributed by atoms with Crippen molar-refractivity contribution >= 4 is 11.6 Å². The summed E-state index contributed by atoms with van der Waals surface area (Å²) in [5.74, 6) is 2.45. The molecule has 6 nitrogen and oxygen atoms in total. The van der Waals surface area contributed by atoms with E-state index in [4.69, 9.17) is 5.73 Å². The lowest BCUT2D eigenvalue weighted by Gasteiger charge is -2.18. The summed E-state index contributed by atoms with van der Waals surface area (Å²) < 4.78 is 0. The number of nitrogens with zero attached hydrogens (tertiary/aromatic N) is 3. The fraction of sp³-hybridized carbons (Fsp3) is 0.385. The van der Waals surface area contributed by atoms with Crippen molar-refractivity contribution < 1.29 is 0 Å². The Morgan fingerprint density at radius 2 is 2.26 bits per heavy atom. The van der Waals surface area contributed by atoms with E-state index in [9.17, 15) is 0 Å². The first kappa shape index (κ1) is 13.4. The summed E-state index contributed by atoms with van der Waals surface area (Å²) in [5.41, 5.74) is 6.63. The zero-order chi connectivity index (χ0) is 13.7. The number of H-pyrrole nitrogens is 1. The molecule has 2 rings (SSSR count). The number of aromatic amines is 1. The average Bonchev–Trinajstić information content (AvgIpc) is 2.88. The molecule has 19 heavy (non-hydrogen) atoms. The summed E-state index contributed by atoms with van der Waals surface area (Å²) in [5, 5.41) is 3.18. The van der Waals surface area contributed by atoms with Gasteiger partial charge in [0.25, 0.3) is 0 Å². The highest BCUT2D eigenvalue weighted by Crippen LogP contribution is 2.16. The summed E-state index contributed by atoms with van der Waals surface area (Å²) in [6.45, 7) is 3.95. The Balaban J connectivity index is 2.11. The van der Waals surface area contributed by atoms with Crippen LogP contribution >= 0.6 is 0 Å². The van der Waals surface area contributed by atoms with Gasteiger partial charge in [-0.3, -0.25) is 0 Å². The zero-order valence-corrected chi connectivity index (χ0v) is 11.3. The van der Waals surface area contributed by atoms with Gasteiger partial charge in [0.1, 0.15) is 17.5 Å². The maximum atomic E-state index is 5.48. The SMILES string of the molecule is Cc1nc(NCCN)cc(N(C)Cc2ccc[nH]2)n1. The molecule has 2 aromatic heterocycles. The highest BCUT2D eigenvalue weighted by atomic mass is 15.2. The van der Waals surface area contributed by atoms with Gasteiger partial charge >= 0.3 is 0 Å².